The van der Waals surface area contributed by atoms with E-state index in [2.05, 4.69) is 35.8 Å². The van der Waals surface area contributed by atoms with Gasteiger partial charge in [0.2, 0.25) is 5.95 Å². The molecule has 0 spiro atoms. The van der Waals surface area contributed by atoms with Crippen LogP contribution in [0.25, 0.3) is 11.0 Å². The summed E-state index contributed by atoms with van der Waals surface area (Å²) >= 11 is 0. The highest BCUT2D eigenvalue weighted by molar-refractivity contribution is 5.96. The predicted octanol–water partition coefficient (Wildman–Crippen LogP) is 8.19. The number of anilines is 2. The van der Waals surface area contributed by atoms with E-state index in [0.29, 0.717) is 30.5 Å². The highest BCUT2D eigenvalue weighted by Crippen LogP contribution is 2.39. The highest BCUT2D eigenvalue weighted by Gasteiger charge is 2.31. The van der Waals surface area contributed by atoms with Crippen LogP contribution in [-0.4, -0.2) is 39.5 Å². The molecule has 0 fully saturated rings. The summed E-state index contributed by atoms with van der Waals surface area (Å²) < 4.78 is 75.8. The summed E-state index contributed by atoms with van der Waals surface area (Å²) in [7, 11) is 0. The summed E-state index contributed by atoms with van der Waals surface area (Å²) in [5, 5.41) is 12.8. The molecule has 0 aliphatic heterocycles. The van der Waals surface area contributed by atoms with Crippen LogP contribution in [0, 0.1) is 5.41 Å². The Kier molecular flexibility index (Phi) is 8.66. The topological polar surface area (TPSA) is 85.6 Å². The van der Waals surface area contributed by atoms with Crippen LogP contribution < -0.4 is 14.8 Å². The monoisotopic (exact) mass is 557 g/mol. The number of carboxylic acids is 1. The molecule has 0 saturated heterocycles. The molecule has 7 nitrogen and oxygen atoms in total. The molecule has 39 heavy (non-hydrogen) atoms. The van der Waals surface area contributed by atoms with Gasteiger partial charge in [-0.2, -0.15) is 0 Å². The fourth-order valence-electron chi connectivity index (χ4n) is 4.30. The second kappa shape index (κ2) is 11.3. The maximum atomic E-state index is 13.5. The minimum Gasteiger partial charge on any atom is -0.486 e. The van der Waals surface area contributed by atoms with Gasteiger partial charge in [0.1, 0.15) is 17.1 Å². The number of aromatic nitrogens is 2. The summed E-state index contributed by atoms with van der Waals surface area (Å²) in [5.41, 5.74) is 0.732. The first-order valence-electron chi connectivity index (χ1n) is 12.4. The lowest BCUT2D eigenvalue weighted by Gasteiger charge is -2.29. The van der Waals surface area contributed by atoms with Crippen molar-refractivity contribution in [3.63, 3.8) is 0 Å². The van der Waals surface area contributed by atoms with Crippen LogP contribution in [0.1, 0.15) is 70.3 Å². The molecular weight excluding hydrogens is 525 g/mol. The largest absolute Gasteiger partial charge is 0.573 e. The van der Waals surface area contributed by atoms with Crippen molar-refractivity contribution in [3.8, 4) is 11.5 Å². The summed E-state index contributed by atoms with van der Waals surface area (Å²) in [6.45, 7) is 7.89. The van der Waals surface area contributed by atoms with Gasteiger partial charge in [0.15, 0.2) is 6.61 Å². The van der Waals surface area contributed by atoms with Gasteiger partial charge in [0.05, 0.1) is 11.0 Å². The summed E-state index contributed by atoms with van der Waals surface area (Å²) in [5.74, 6) is -4.85. The first-order chi connectivity index (χ1) is 18.0. The van der Waals surface area contributed by atoms with Gasteiger partial charge < -0.3 is 24.5 Å². The van der Waals surface area contributed by atoms with Gasteiger partial charge in [0.25, 0.3) is 5.92 Å². The van der Waals surface area contributed by atoms with E-state index in [9.17, 15) is 31.9 Å². The number of nitrogens with one attached hydrogen (secondary N) is 1. The number of carbonyl (C=O) groups is 1. The SMILES string of the molecule is CCCC(CC(C)(C)C)n1c(Nc2ccc(OC(F)(F)F)cc2)nc2cc(C(=O)O)c(OCC(C)(F)F)cc21. The Bertz CT molecular complexity index is 1290. The standard InChI is InChI=1S/C27H32F5N3O4/c1-6-7-17(14-25(2,3)4)35-21-13-22(38-15-26(5,28)29)19(23(36)37)12-20(21)34-24(35)33-16-8-10-18(11-9-16)39-27(30,31)32/h8-13,17H,6-7,14-15H2,1-5H3,(H,33,34)(H,36,37). The van der Waals surface area contributed by atoms with Crippen molar-refractivity contribution >= 4 is 28.6 Å². The van der Waals surface area contributed by atoms with Crippen molar-refractivity contribution in [3.05, 3.63) is 42.0 Å². The molecule has 0 aliphatic rings. The predicted molar refractivity (Wildman–Crippen MR) is 137 cm³/mol. The Hall–Kier alpha value is -3.57. The van der Waals surface area contributed by atoms with Crippen molar-refractivity contribution in [1.29, 1.82) is 0 Å². The van der Waals surface area contributed by atoms with Crippen LogP contribution >= 0.6 is 0 Å². The van der Waals surface area contributed by atoms with Crippen molar-refractivity contribution in [1.82, 2.24) is 9.55 Å². The Morgan fingerprint density at radius 2 is 1.72 bits per heavy atom. The van der Waals surface area contributed by atoms with Gasteiger partial charge in [-0.3, -0.25) is 0 Å². The Balaban J connectivity index is 2.15. The molecular formula is C27H32F5N3O4. The number of aromatic carboxylic acids is 1. The third-order valence-corrected chi connectivity index (χ3v) is 5.68. The molecule has 2 N–H and O–H groups in total. The van der Waals surface area contributed by atoms with Crippen LogP contribution in [0.5, 0.6) is 11.5 Å². The van der Waals surface area contributed by atoms with E-state index < -0.39 is 30.6 Å². The number of hydrogen-bond acceptors (Lipinski definition) is 5. The number of ether oxygens (including phenoxy) is 2. The number of nitrogens with zero attached hydrogens (tertiary/aromatic N) is 2. The van der Waals surface area contributed by atoms with E-state index >= 15 is 0 Å². The van der Waals surface area contributed by atoms with E-state index in [0.717, 1.165) is 25.0 Å². The summed E-state index contributed by atoms with van der Waals surface area (Å²) in [4.78, 5) is 16.5. The average Bonchev–Trinajstić information content (AvgIpc) is 3.12. The second-order valence-corrected chi connectivity index (χ2v) is 10.7. The fraction of sp³-hybridized carbons (Fsp3) is 0.481. The normalized spacial score (nSPS) is 13.4. The molecule has 3 aromatic rings. The lowest BCUT2D eigenvalue weighted by Crippen LogP contribution is -2.22. The van der Waals surface area contributed by atoms with E-state index in [1.165, 1.54) is 24.3 Å². The smallest absolute Gasteiger partial charge is 0.486 e. The molecule has 1 unspecified atom stereocenters. The first kappa shape index (κ1) is 30.0. The third-order valence-electron chi connectivity index (χ3n) is 5.68. The van der Waals surface area contributed by atoms with Crippen LogP contribution in [0.15, 0.2) is 36.4 Å². The molecule has 1 heterocycles. The van der Waals surface area contributed by atoms with Gasteiger partial charge in [-0.25, -0.2) is 18.6 Å². The molecule has 3 rings (SSSR count). The van der Waals surface area contributed by atoms with Crippen LogP contribution in [0.4, 0.5) is 33.6 Å². The number of imidazole rings is 1. The first-order valence-corrected chi connectivity index (χ1v) is 12.4. The lowest BCUT2D eigenvalue weighted by atomic mass is 9.86. The molecule has 0 bridgehead atoms. The maximum absolute atomic E-state index is 13.5. The lowest BCUT2D eigenvalue weighted by molar-refractivity contribution is -0.274. The Labute approximate surface area is 222 Å². The van der Waals surface area contributed by atoms with Gasteiger partial charge in [-0.1, -0.05) is 34.1 Å². The van der Waals surface area contributed by atoms with Gasteiger partial charge in [-0.15, -0.1) is 13.2 Å². The van der Waals surface area contributed by atoms with Gasteiger partial charge >= 0.3 is 12.3 Å². The summed E-state index contributed by atoms with van der Waals surface area (Å²) in [6, 6.07) is 7.62. The van der Waals surface area contributed by atoms with Gasteiger partial charge in [0, 0.05) is 24.7 Å². The molecule has 0 amide bonds. The van der Waals surface area contributed by atoms with E-state index in [4.69, 9.17) is 4.74 Å². The molecule has 214 valence electrons. The van der Waals surface area contributed by atoms with Crippen LogP contribution in [-0.2, 0) is 0 Å². The van der Waals surface area contributed by atoms with Crippen molar-refractivity contribution < 1.29 is 41.3 Å². The molecule has 0 saturated carbocycles. The second-order valence-electron chi connectivity index (χ2n) is 10.7. The number of carboxylic acid groups (broad SMARTS) is 1. The molecule has 1 atom stereocenters. The van der Waals surface area contributed by atoms with Crippen LogP contribution in [0.3, 0.4) is 0 Å². The minimum atomic E-state index is -4.83. The number of fused-ring (bicyclic) bond motifs is 1. The quantitative estimate of drug-likeness (QED) is 0.231. The van der Waals surface area contributed by atoms with E-state index in [1.54, 1.807) is 0 Å². The number of benzene rings is 2. The molecule has 0 radical (unpaired) electrons. The summed E-state index contributed by atoms with van der Waals surface area (Å²) in [6.07, 6.45) is -2.60. The zero-order chi connectivity index (χ0) is 29.2. The van der Waals surface area contributed by atoms with Crippen molar-refractivity contribution in [2.75, 3.05) is 11.9 Å². The van der Waals surface area contributed by atoms with Crippen molar-refractivity contribution in [2.45, 2.75) is 72.2 Å². The van der Waals surface area contributed by atoms with E-state index in [1.807, 2.05) is 11.5 Å². The zero-order valence-electron chi connectivity index (χ0n) is 22.3. The molecule has 1 aromatic heterocycles. The Morgan fingerprint density at radius 1 is 1.08 bits per heavy atom. The van der Waals surface area contributed by atoms with E-state index in [-0.39, 0.29) is 28.3 Å². The molecule has 2 aromatic carbocycles. The maximum Gasteiger partial charge on any atom is 0.573 e. The zero-order valence-corrected chi connectivity index (χ0v) is 22.3. The average molecular weight is 558 g/mol. The minimum absolute atomic E-state index is 0.116. The van der Waals surface area contributed by atoms with Crippen LogP contribution in [0.2, 0.25) is 0 Å². The van der Waals surface area contributed by atoms with Crippen molar-refractivity contribution in [2.24, 2.45) is 5.41 Å². The van der Waals surface area contributed by atoms with Gasteiger partial charge in [-0.05, 0) is 48.6 Å². The number of alkyl halides is 5. The number of hydrogen-bond donors (Lipinski definition) is 2. The Morgan fingerprint density at radius 3 is 2.23 bits per heavy atom. The molecule has 12 heteroatoms. The fourth-order valence-corrected chi connectivity index (χ4v) is 4.30. The number of rotatable bonds is 11. The molecule has 0 aliphatic carbocycles. The highest BCUT2D eigenvalue weighted by atomic mass is 19.4. The third kappa shape index (κ3) is 8.46. The number of halogens is 5.